The van der Waals surface area contributed by atoms with E-state index >= 15 is 0 Å². The minimum Gasteiger partial charge on any atom is -0.496 e. The van der Waals surface area contributed by atoms with Crippen molar-refractivity contribution in [3.63, 3.8) is 0 Å². The van der Waals surface area contributed by atoms with Crippen molar-refractivity contribution in [3.8, 4) is 5.75 Å². The summed E-state index contributed by atoms with van der Waals surface area (Å²) in [4.78, 5) is 22.9. The van der Waals surface area contributed by atoms with Crippen molar-refractivity contribution < 1.29 is 19.4 Å². The molecular formula is C14H20N2O4. The minimum atomic E-state index is -1.27. The number of amides is 2. The fourth-order valence-electron chi connectivity index (χ4n) is 1.61. The first kappa shape index (κ1) is 15.8. The molecule has 1 aromatic carbocycles. The lowest BCUT2D eigenvalue weighted by atomic mass is 10.00. The lowest BCUT2D eigenvalue weighted by Crippen LogP contribution is -2.54. The highest BCUT2D eigenvalue weighted by Gasteiger charge is 2.32. The topological polar surface area (TPSA) is 87.7 Å². The molecule has 3 N–H and O–H groups in total. The van der Waals surface area contributed by atoms with Gasteiger partial charge in [-0.15, -0.1) is 0 Å². The minimum absolute atomic E-state index is 0.259. The zero-order chi connectivity index (χ0) is 15.2. The number of urea groups is 1. The van der Waals surface area contributed by atoms with Crippen LogP contribution < -0.4 is 15.4 Å². The Morgan fingerprint density at radius 2 is 2.00 bits per heavy atom. The van der Waals surface area contributed by atoms with Gasteiger partial charge in [0.25, 0.3) is 0 Å². The lowest BCUT2D eigenvalue weighted by molar-refractivity contribution is -0.143. The zero-order valence-electron chi connectivity index (χ0n) is 11.9. The third-order valence-electron chi connectivity index (χ3n) is 3.20. The Balaban J connectivity index is 2.62. The van der Waals surface area contributed by atoms with Gasteiger partial charge in [0.05, 0.1) is 7.11 Å². The second-order valence-corrected chi connectivity index (χ2v) is 4.61. The van der Waals surface area contributed by atoms with Gasteiger partial charge in [-0.2, -0.15) is 0 Å². The maximum atomic E-state index is 11.8. The molecule has 0 fully saturated rings. The van der Waals surface area contributed by atoms with Crippen molar-refractivity contribution in [2.24, 2.45) is 0 Å². The van der Waals surface area contributed by atoms with E-state index in [1.165, 1.54) is 6.92 Å². The molecule has 0 heterocycles. The molecule has 1 aromatic rings. The number of rotatable bonds is 6. The Morgan fingerprint density at radius 1 is 1.35 bits per heavy atom. The number of methoxy groups -OCH3 is 1. The molecule has 110 valence electrons. The van der Waals surface area contributed by atoms with Crippen LogP contribution in [0.4, 0.5) is 4.79 Å². The van der Waals surface area contributed by atoms with E-state index in [4.69, 9.17) is 9.84 Å². The number of carboxylic acid groups (broad SMARTS) is 1. The van der Waals surface area contributed by atoms with E-state index in [2.05, 4.69) is 10.6 Å². The number of benzene rings is 1. The van der Waals surface area contributed by atoms with E-state index in [0.29, 0.717) is 12.2 Å². The summed E-state index contributed by atoms with van der Waals surface area (Å²) in [6, 6.07) is 6.77. The number of aliphatic carboxylic acids is 1. The van der Waals surface area contributed by atoms with E-state index in [0.717, 1.165) is 5.56 Å². The number of hydrogen-bond acceptors (Lipinski definition) is 3. The van der Waals surface area contributed by atoms with Crippen molar-refractivity contribution in [1.29, 1.82) is 0 Å². The molecular weight excluding hydrogens is 260 g/mol. The molecule has 0 spiro atoms. The first-order valence-corrected chi connectivity index (χ1v) is 6.34. The normalized spacial score (nSPS) is 13.2. The molecule has 2 amide bonds. The van der Waals surface area contributed by atoms with Crippen LogP contribution in [-0.4, -0.2) is 29.8 Å². The number of carbonyl (C=O) groups is 2. The third kappa shape index (κ3) is 3.88. The number of ether oxygens (including phenoxy) is 1. The summed E-state index contributed by atoms with van der Waals surface area (Å²) in [6.45, 7) is 3.43. The number of hydrogen-bond donors (Lipinski definition) is 3. The third-order valence-corrected chi connectivity index (χ3v) is 3.20. The van der Waals surface area contributed by atoms with E-state index in [1.807, 2.05) is 18.2 Å². The van der Waals surface area contributed by atoms with Gasteiger partial charge in [0, 0.05) is 12.1 Å². The van der Waals surface area contributed by atoms with Crippen LogP contribution in [0.2, 0.25) is 0 Å². The van der Waals surface area contributed by atoms with Gasteiger partial charge in [0.15, 0.2) is 0 Å². The molecule has 0 radical (unpaired) electrons. The molecule has 0 aliphatic heterocycles. The van der Waals surface area contributed by atoms with Gasteiger partial charge in [-0.3, -0.25) is 0 Å². The van der Waals surface area contributed by atoms with Crippen molar-refractivity contribution in [3.05, 3.63) is 29.8 Å². The molecule has 6 heteroatoms. The van der Waals surface area contributed by atoms with Crippen LogP contribution in [0.5, 0.6) is 5.75 Å². The summed E-state index contributed by atoms with van der Waals surface area (Å²) < 4.78 is 5.17. The van der Waals surface area contributed by atoms with Crippen LogP contribution in [0.3, 0.4) is 0 Å². The highest BCUT2D eigenvalue weighted by molar-refractivity contribution is 5.85. The van der Waals surface area contributed by atoms with Gasteiger partial charge in [-0.05, 0) is 19.4 Å². The first-order chi connectivity index (χ1) is 9.42. The summed E-state index contributed by atoms with van der Waals surface area (Å²) in [5.74, 6) is -0.392. The van der Waals surface area contributed by atoms with Crippen molar-refractivity contribution in [2.45, 2.75) is 32.4 Å². The molecule has 0 bridgehead atoms. The van der Waals surface area contributed by atoms with Gasteiger partial charge in [-0.25, -0.2) is 9.59 Å². The van der Waals surface area contributed by atoms with E-state index < -0.39 is 17.5 Å². The van der Waals surface area contributed by atoms with Crippen LogP contribution in [0, 0.1) is 0 Å². The van der Waals surface area contributed by atoms with Crippen LogP contribution in [0.1, 0.15) is 25.8 Å². The highest BCUT2D eigenvalue weighted by atomic mass is 16.5. The van der Waals surface area contributed by atoms with Crippen molar-refractivity contribution in [1.82, 2.24) is 10.6 Å². The monoisotopic (exact) mass is 280 g/mol. The molecule has 20 heavy (non-hydrogen) atoms. The maximum Gasteiger partial charge on any atom is 0.329 e. The van der Waals surface area contributed by atoms with E-state index in [9.17, 15) is 9.59 Å². The Morgan fingerprint density at radius 3 is 2.55 bits per heavy atom. The number of carbonyl (C=O) groups excluding carboxylic acids is 1. The standard InChI is InChI=1S/C14H20N2O4/c1-4-14(2,12(17)18)16-13(19)15-9-10-7-5-6-8-11(10)20-3/h5-8H,4,9H2,1-3H3,(H,17,18)(H2,15,16,19). The Hall–Kier alpha value is -2.24. The molecule has 0 saturated carbocycles. The molecule has 0 aliphatic rings. The van der Waals surface area contributed by atoms with Crippen molar-refractivity contribution >= 4 is 12.0 Å². The van der Waals surface area contributed by atoms with Gasteiger partial charge in [0.1, 0.15) is 11.3 Å². The van der Waals surface area contributed by atoms with Crippen LogP contribution in [-0.2, 0) is 11.3 Å². The van der Waals surface area contributed by atoms with Gasteiger partial charge in [-0.1, -0.05) is 25.1 Å². The summed E-state index contributed by atoms with van der Waals surface area (Å²) in [5.41, 5.74) is -0.455. The molecule has 1 unspecified atom stereocenters. The predicted octanol–water partition coefficient (Wildman–Crippen LogP) is 1.75. The summed E-state index contributed by atoms with van der Waals surface area (Å²) in [6.07, 6.45) is 0.296. The fourth-order valence-corrected chi connectivity index (χ4v) is 1.61. The molecule has 1 atom stereocenters. The quantitative estimate of drug-likeness (QED) is 0.740. The highest BCUT2D eigenvalue weighted by Crippen LogP contribution is 2.16. The number of para-hydroxylation sites is 1. The predicted molar refractivity (Wildman–Crippen MR) is 74.7 cm³/mol. The van der Waals surface area contributed by atoms with Crippen LogP contribution in [0.25, 0.3) is 0 Å². The fraction of sp³-hybridized carbons (Fsp3) is 0.429. The summed E-state index contributed by atoms with van der Waals surface area (Å²) in [7, 11) is 1.55. The Bertz CT molecular complexity index is 490. The Labute approximate surface area is 118 Å². The molecule has 1 rings (SSSR count). The van der Waals surface area contributed by atoms with E-state index in [1.54, 1.807) is 20.1 Å². The van der Waals surface area contributed by atoms with Crippen molar-refractivity contribution in [2.75, 3.05) is 7.11 Å². The van der Waals surface area contributed by atoms with Crippen LogP contribution >= 0.6 is 0 Å². The molecule has 6 nitrogen and oxygen atoms in total. The second kappa shape index (κ2) is 6.79. The summed E-state index contributed by atoms with van der Waals surface area (Å²) in [5, 5.41) is 14.2. The average Bonchev–Trinajstić information content (AvgIpc) is 2.45. The SMILES string of the molecule is CCC(C)(NC(=O)NCc1ccccc1OC)C(=O)O. The smallest absolute Gasteiger partial charge is 0.329 e. The lowest BCUT2D eigenvalue weighted by Gasteiger charge is -2.24. The molecule has 0 aromatic heterocycles. The Kier molecular flexibility index (Phi) is 5.37. The summed E-state index contributed by atoms with van der Waals surface area (Å²) >= 11 is 0. The number of carboxylic acids is 1. The average molecular weight is 280 g/mol. The number of nitrogens with one attached hydrogen (secondary N) is 2. The zero-order valence-corrected chi connectivity index (χ0v) is 11.9. The van der Waals surface area contributed by atoms with E-state index in [-0.39, 0.29) is 6.54 Å². The van der Waals surface area contributed by atoms with Gasteiger partial charge >= 0.3 is 12.0 Å². The van der Waals surface area contributed by atoms with Gasteiger partial charge < -0.3 is 20.5 Å². The van der Waals surface area contributed by atoms with Gasteiger partial charge in [0.2, 0.25) is 0 Å². The van der Waals surface area contributed by atoms with Crippen LogP contribution in [0.15, 0.2) is 24.3 Å². The molecule has 0 saturated heterocycles. The second-order valence-electron chi connectivity index (χ2n) is 4.61. The molecule has 0 aliphatic carbocycles. The first-order valence-electron chi connectivity index (χ1n) is 6.34. The largest absolute Gasteiger partial charge is 0.496 e. The maximum absolute atomic E-state index is 11.8.